The number of ether oxygens (including phenoxy) is 1. The Morgan fingerprint density at radius 1 is 1.27 bits per heavy atom. The third kappa shape index (κ3) is 3.25. The average molecular weight is 427 g/mol. The van der Waals surface area contributed by atoms with Gasteiger partial charge in [0, 0.05) is 17.5 Å². The molecule has 1 aromatic carbocycles. The van der Waals surface area contributed by atoms with Gasteiger partial charge in [0.1, 0.15) is 17.0 Å². The maximum absolute atomic E-state index is 12.3. The van der Waals surface area contributed by atoms with Crippen LogP contribution in [0.4, 0.5) is 0 Å². The number of fused-ring (bicyclic) bond motifs is 1. The Hall–Kier alpha value is -3.17. The SMILES string of the molecule is COc1ccc(-c2noc(-c3cnn4c(C5CCNCC5)cc(=O)[nH]c34)n2)cc1Cl. The molecule has 10 heteroatoms. The van der Waals surface area contributed by atoms with E-state index in [1.807, 2.05) is 0 Å². The number of aromatic amines is 1. The Labute approximate surface area is 176 Å². The van der Waals surface area contributed by atoms with E-state index in [0.29, 0.717) is 33.4 Å². The zero-order valence-corrected chi connectivity index (χ0v) is 16.9. The molecule has 9 nitrogen and oxygen atoms in total. The number of nitrogens with zero attached hydrogens (tertiary/aromatic N) is 4. The number of aromatic nitrogens is 5. The predicted octanol–water partition coefficient (Wildman–Crippen LogP) is 2.87. The van der Waals surface area contributed by atoms with Crippen LogP contribution in [0.3, 0.4) is 0 Å². The van der Waals surface area contributed by atoms with Crippen LogP contribution in [0.25, 0.3) is 28.5 Å². The largest absolute Gasteiger partial charge is 0.495 e. The van der Waals surface area contributed by atoms with Gasteiger partial charge in [-0.15, -0.1) is 0 Å². The van der Waals surface area contributed by atoms with Crippen LogP contribution in [0.5, 0.6) is 5.75 Å². The molecule has 0 unspecified atom stereocenters. The van der Waals surface area contributed by atoms with Crippen LogP contribution in [-0.4, -0.2) is 44.9 Å². The molecule has 5 rings (SSSR count). The monoisotopic (exact) mass is 426 g/mol. The minimum absolute atomic E-state index is 0.181. The molecule has 154 valence electrons. The number of hydrogen-bond donors (Lipinski definition) is 2. The molecule has 0 saturated carbocycles. The number of halogens is 1. The number of rotatable bonds is 4. The maximum atomic E-state index is 12.3. The highest BCUT2D eigenvalue weighted by Gasteiger charge is 2.23. The van der Waals surface area contributed by atoms with Crippen molar-refractivity contribution >= 4 is 17.2 Å². The van der Waals surface area contributed by atoms with Crippen LogP contribution < -0.4 is 15.6 Å². The fourth-order valence-electron chi connectivity index (χ4n) is 3.83. The van der Waals surface area contributed by atoms with Gasteiger partial charge in [0.15, 0.2) is 0 Å². The highest BCUT2D eigenvalue weighted by Crippen LogP contribution is 2.31. The van der Waals surface area contributed by atoms with Crippen LogP contribution in [0.1, 0.15) is 24.5 Å². The highest BCUT2D eigenvalue weighted by atomic mass is 35.5. The summed E-state index contributed by atoms with van der Waals surface area (Å²) in [4.78, 5) is 19.7. The lowest BCUT2D eigenvalue weighted by Crippen LogP contribution is -2.28. The smallest absolute Gasteiger partial charge is 0.263 e. The van der Waals surface area contributed by atoms with Gasteiger partial charge in [-0.05, 0) is 44.1 Å². The number of hydrogen-bond acceptors (Lipinski definition) is 7. The Morgan fingerprint density at radius 2 is 2.10 bits per heavy atom. The number of benzene rings is 1. The molecule has 0 atom stereocenters. The maximum Gasteiger partial charge on any atom is 0.263 e. The summed E-state index contributed by atoms with van der Waals surface area (Å²) in [6.07, 6.45) is 3.54. The van der Waals surface area contributed by atoms with E-state index < -0.39 is 0 Å². The molecule has 0 spiro atoms. The van der Waals surface area contributed by atoms with E-state index in [9.17, 15) is 4.79 Å². The first-order chi connectivity index (χ1) is 14.6. The van der Waals surface area contributed by atoms with Crippen LogP contribution in [0.2, 0.25) is 5.02 Å². The van der Waals surface area contributed by atoms with Gasteiger partial charge >= 0.3 is 0 Å². The first-order valence-corrected chi connectivity index (χ1v) is 10.0. The first-order valence-electron chi connectivity index (χ1n) is 9.63. The molecule has 0 aliphatic carbocycles. The highest BCUT2D eigenvalue weighted by molar-refractivity contribution is 6.32. The Bertz CT molecular complexity index is 1270. The minimum Gasteiger partial charge on any atom is -0.495 e. The molecule has 0 amide bonds. The van der Waals surface area contributed by atoms with Crippen LogP contribution >= 0.6 is 11.6 Å². The van der Waals surface area contributed by atoms with E-state index in [1.165, 1.54) is 0 Å². The summed E-state index contributed by atoms with van der Waals surface area (Å²) < 4.78 is 12.4. The van der Waals surface area contributed by atoms with Gasteiger partial charge in [0.05, 0.1) is 24.0 Å². The fourth-order valence-corrected chi connectivity index (χ4v) is 4.09. The van der Waals surface area contributed by atoms with Crippen molar-refractivity contribution in [1.29, 1.82) is 0 Å². The van der Waals surface area contributed by atoms with E-state index in [1.54, 1.807) is 42.1 Å². The van der Waals surface area contributed by atoms with E-state index >= 15 is 0 Å². The fraction of sp³-hybridized carbons (Fsp3) is 0.300. The second kappa shape index (κ2) is 7.58. The van der Waals surface area contributed by atoms with Gasteiger partial charge in [0.25, 0.3) is 11.4 Å². The molecule has 3 aromatic heterocycles. The van der Waals surface area contributed by atoms with Crippen molar-refractivity contribution in [3.8, 4) is 28.6 Å². The van der Waals surface area contributed by atoms with Gasteiger partial charge in [-0.2, -0.15) is 10.1 Å². The van der Waals surface area contributed by atoms with Crippen molar-refractivity contribution in [2.75, 3.05) is 20.2 Å². The van der Waals surface area contributed by atoms with E-state index in [4.69, 9.17) is 20.9 Å². The molecule has 4 aromatic rings. The summed E-state index contributed by atoms with van der Waals surface area (Å²) >= 11 is 6.20. The molecule has 0 bridgehead atoms. The Morgan fingerprint density at radius 3 is 2.87 bits per heavy atom. The average Bonchev–Trinajstić information content (AvgIpc) is 3.41. The van der Waals surface area contributed by atoms with Crippen molar-refractivity contribution in [3.05, 3.63) is 51.5 Å². The number of nitrogens with one attached hydrogen (secondary N) is 2. The van der Waals surface area contributed by atoms with E-state index in [0.717, 1.165) is 31.6 Å². The molecule has 4 heterocycles. The van der Waals surface area contributed by atoms with E-state index in [-0.39, 0.29) is 17.4 Å². The quantitative estimate of drug-likeness (QED) is 0.516. The van der Waals surface area contributed by atoms with Crippen molar-refractivity contribution in [2.45, 2.75) is 18.8 Å². The van der Waals surface area contributed by atoms with Gasteiger partial charge in [-0.25, -0.2) is 4.52 Å². The molecule has 1 saturated heterocycles. The molecule has 1 aliphatic rings. The van der Waals surface area contributed by atoms with Crippen molar-refractivity contribution < 1.29 is 9.26 Å². The summed E-state index contributed by atoms with van der Waals surface area (Å²) in [6, 6.07) is 6.87. The standard InChI is InChI=1S/C20H19ClN6O3/c1-29-16-3-2-12(8-14(16)21)18-25-20(30-26-18)13-10-23-27-15(9-17(28)24-19(13)27)11-4-6-22-7-5-11/h2-3,8-11,22H,4-7H2,1H3,(H,24,28). The molecule has 1 fully saturated rings. The first kappa shape index (κ1) is 18.8. The molecule has 1 aliphatic heterocycles. The van der Waals surface area contributed by atoms with Crippen LogP contribution in [0.15, 0.2) is 39.8 Å². The summed E-state index contributed by atoms with van der Waals surface area (Å²) in [7, 11) is 1.55. The zero-order valence-electron chi connectivity index (χ0n) is 16.2. The second-order valence-electron chi connectivity index (χ2n) is 7.17. The Kier molecular flexibility index (Phi) is 4.76. The van der Waals surface area contributed by atoms with Gasteiger partial charge in [-0.1, -0.05) is 16.8 Å². The van der Waals surface area contributed by atoms with Gasteiger partial charge < -0.3 is 19.6 Å². The topological polar surface area (TPSA) is 110 Å². The lowest BCUT2D eigenvalue weighted by Gasteiger charge is -2.23. The number of piperidine rings is 1. The molecule has 2 N–H and O–H groups in total. The van der Waals surface area contributed by atoms with Gasteiger partial charge in [-0.3, -0.25) is 4.79 Å². The van der Waals surface area contributed by atoms with Gasteiger partial charge in [0.2, 0.25) is 5.82 Å². The lowest BCUT2D eigenvalue weighted by molar-refractivity contribution is 0.415. The molecular weight excluding hydrogens is 408 g/mol. The summed E-state index contributed by atoms with van der Waals surface area (Å²) in [5.74, 6) is 1.48. The van der Waals surface area contributed by atoms with Crippen molar-refractivity contribution in [2.24, 2.45) is 0 Å². The van der Waals surface area contributed by atoms with Crippen LogP contribution in [0, 0.1) is 0 Å². The summed E-state index contributed by atoms with van der Waals surface area (Å²) in [5, 5.41) is 12.3. The number of methoxy groups -OCH3 is 1. The molecule has 30 heavy (non-hydrogen) atoms. The number of H-pyrrole nitrogens is 1. The third-order valence-electron chi connectivity index (χ3n) is 5.36. The van der Waals surface area contributed by atoms with Crippen molar-refractivity contribution in [1.82, 2.24) is 30.1 Å². The summed E-state index contributed by atoms with van der Waals surface area (Å²) in [6.45, 7) is 1.84. The Balaban J connectivity index is 1.55. The molecule has 0 radical (unpaired) electrons. The summed E-state index contributed by atoms with van der Waals surface area (Å²) in [5.41, 5.74) is 2.51. The lowest BCUT2D eigenvalue weighted by atomic mass is 9.94. The second-order valence-corrected chi connectivity index (χ2v) is 7.58. The van der Waals surface area contributed by atoms with E-state index in [2.05, 4.69) is 25.5 Å². The van der Waals surface area contributed by atoms with Crippen LogP contribution in [-0.2, 0) is 0 Å². The minimum atomic E-state index is -0.181. The molecular formula is C20H19ClN6O3. The third-order valence-corrected chi connectivity index (χ3v) is 5.65. The predicted molar refractivity (Wildman–Crippen MR) is 111 cm³/mol. The zero-order chi connectivity index (χ0) is 20.7. The van der Waals surface area contributed by atoms with Crippen molar-refractivity contribution in [3.63, 3.8) is 0 Å². The normalized spacial score (nSPS) is 15.0.